The maximum absolute atomic E-state index is 13.3. The Morgan fingerprint density at radius 2 is 1.40 bits per heavy atom. The second kappa shape index (κ2) is 8.77. The van der Waals surface area contributed by atoms with Crippen LogP contribution in [0.3, 0.4) is 0 Å². The summed E-state index contributed by atoms with van der Waals surface area (Å²) in [5.74, 6) is -0.808. The number of carbonyl (C=O) groups excluding carboxylic acids is 2. The first-order valence-corrected chi connectivity index (χ1v) is 9.70. The first-order chi connectivity index (χ1) is 14.2. The molecule has 0 radical (unpaired) electrons. The lowest BCUT2D eigenvalue weighted by Gasteiger charge is -2.23. The van der Waals surface area contributed by atoms with E-state index in [0.29, 0.717) is 25.1 Å². The van der Waals surface area contributed by atoms with Crippen LogP contribution in [-0.2, 0) is 6.18 Å². The van der Waals surface area contributed by atoms with Gasteiger partial charge in [0.2, 0.25) is 0 Å². The number of nitrogens with zero attached hydrogens (tertiary/aromatic N) is 3. The Bertz CT molecular complexity index is 911. The molecule has 0 N–H and O–H groups in total. The van der Waals surface area contributed by atoms with Crippen molar-refractivity contribution >= 4 is 17.5 Å². The summed E-state index contributed by atoms with van der Waals surface area (Å²) in [4.78, 5) is 30.6. The molecular formula is C22H24F3N3O2. The van der Waals surface area contributed by atoms with Gasteiger partial charge < -0.3 is 14.7 Å². The number of benzene rings is 2. The molecule has 3 rings (SSSR count). The highest BCUT2D eigenvalue weighted by atomic mass is 19.4. The maximum Gasteiger partial charge on any atom is 0.417 e. The number of carbonyl (C=O) groups is 2. The van der Waals surface area contributed by atoms with E-state index in [1.54, 1.807) is 17.0 Å². The Labute approximate surface area is 173 Å². The van der Waals surface area contributed by atoms with Crippen LogP contribution < -0.4 is 4.90 Å². The fourth-order valence-corrected chi connectivity index (χ4v) is 3.50. The van der Waals surface area contributed by atoms with Crippen molar-refractivity contribution in [3.05, 3.63) is 65.2 Å². The Balaban J connectivity index is 1.71. The van der Waals surface area contributed by atoms with Crippen LogP contribution >= 0.6 is 0 Å². The number of anilines is 1. The molecule has 0 saturated carbocycles. The smallest absolute Gasteiger partial charge is 0.378 e. The largest absolute Gasteiger partial charge is 0.417 e. The maximum atomic E-state index is 13.3. The molecule has 0 unspecified atom stereocenters. The van der Waals surface area contributed by atoms with Gasteiger partial charge in [0.25, 0.3) is 11.8 Å². The van der Waals surface area contributed by atoms with Gasteiger partial charge in [-0.25, -0.2) is 0 Å². The molecule has 1 heterocycles. The highest BCUT2D eigenvalue weighted by Gasteiger charge is 2.36. The molecule has 1 aliphatic heterocycles. The standard InChI is InChI=1S/C22H24F3N3O2/c1-26(2)17-10-8-16(9-11-17)20(29)27-12-5-13-28(15-14-27)21(30)18-6-3-4-7-19(18)22(23,24)25/h3-4,6-11H,5,12-15H2,1-2H3. The SMILES string of the molecule is CN(C)c1ccc(C(=O)N2CCCN(C(=O)c3ccccc3C(F)(F)F)CC2)cc1. The average molecular weight is 419 g/mol. The molecule has 8 heteroatoms. The van der Waals surface area contributed by atoms with Gasteiger partial charge in [0.05, 0.1) is 11.1 Å². The predicted molar refractivity (Wildman–Crippen MR) is 109 cm³/mol. The van der Waals surface area contributed by atoms with Gasteiger partial charge in [-0.2, -0.15) is 13.2 Å². The lowest BCUT2D eigenvalue weighted by Crippen LogP contribution is -2.38. The van der Waals surface area contributed by atoms with Crippen LogP contribution in [0.4, 0.5) is 18.9 Å². The second-order valence-electron chi connectivity index (χ2n) is 7.42. The van der Waals surface area contributed by atoms with E-state index in [2.05, 4.69) is 0 Å². The Morgan fingerprint density at radius 3 is 1.97 bits per heavy atom. The molecule has 0 bridgehead atoms. The van der Waals surface area contributed by atoms with Gasteiger partial charge in [-0.15, -0.1) is 0 Å². The van der Waals surface area contributed by atoms with Crippen molar-refractivity contribution in [3.8, 4) is 0 Å². The van der Waals surface area contributed by atoms with Gasteiger partial charge in [-0.05, 0) is 42.8 Å². The lowest BCUT2D eigenvalue weighted by atomic mass is 10.1. The van der Waals surface area contributed by atoms with Crippen LogP contribution in [0.25, 0.3) is 0 Å². The Kier molecular flexibility index (Phi) is 6.34. The minimum atomic E-state index is -4.60. The normalized spacial score (nSPS) is 15.0. The topological polar surface area (TPSA) is 43.9 Å². The summed E-state index contributed by atoms with van der Waals surface area (Å²) in [6.45, 7) is 1.20. The third kappa shape index (κ3) is 4.75. The molecule has 30 heavy (non-hydrogen) atoms. The van der Waals surface area contributed by atoms with Crippen LogP contribution in [-0.4, -0.2) is 61.9 Å². The van der Waals surface area contributed by atoms with E-state index in [1.807, 2.05) is 31.1 Å². The first-order valence-electron chi connectivity index (χ1n) is 9.70. The molecule has 0 aliphatic carbocycles. The van der Waals surface area contributed by atoms with Gasteiger partial charge in [-0.3, -0.25) is 9.59 Å². The quantitative estimate of drug-likeness (QED) is 0.761. The van der Waals surface area contributed by atoms with Crippen LogP contribution in [0, 0.1) is 0 Å². The summed E-state index contributed by atoms with van der Waals surface area (Å²) in [6, 6.07) is 12.0. The van der Waals surface area contributed by atoms with E-state index < -0.39 is 17.6 Å². The van der Waals surface area contributed by atoms with Crippen molar-refractivity contribution in [2.45, 2.75) is 12.6 Å². The molecule has 0 atom stereocenters. The van der Waals surface area contributed by atoms with E-state index in [0.717, 1.165) is 11.8 Å². The zero-order chi connectivity index (χ0) is 21.9. The molecule has 1 aliphatic rings. The van der Waals surface area contributed by atoms with Gasteiger partial charge in [-0.1, -0.05) is 12.1 Å². The molecule has 160 valence electrons. The van der Waals surface area contributed by atoms with E-state index in [-0.39, 0.29) is 24.6 Å². The van der Waals surface area contributed by atoms with E-state index in [9.17, 15) is 22.8 Å². The molecule has 2 aromatic rings. The molecule has 2 amide bonds. The molecule has 0 spiro atoms. The van der Waals surface area contributed by atoms with E-state index in [4.69, 9.17) is 0 Å². The number of rotatable bonds is 3. The van der Waals surface area contributed by atoms with Gasteiger partial charge in [0.15, 0.2) is 0 Å². The number of halogens is 3. The van der Waals surface area contributed by atoms with Gasteiger partial charge in [0.1, 0.15) is 0 Å². The summed E-state index contributed by atoms with van der Waals surface area (Å²) in [5, 5.41) is 0. The predicted octanol–water partition coefficient (Wildman–Crippen LogP) is 3.76. The van der Waals surface area contributed by atoms with Crippen molar-refractivity contribution in [1.82, 2.24) is 9.80 Å². The van der Waals surface area contributed by atoms with Crippen LogP contribution in [0.5, 0.6) is 0 Å². The lowest BCUT2D eigenvalue weighted by molar-refractivity contribution is -0.138. The van der Waals surface area contributed by atoms with Crippen LogP contribution in [0.2, 0.25) is 0 Å². The molecule has 2 aromatic carbocycles. The highest BCUT2D eigenvalue weighted by Crippen LogP contribution is 2.32. The highest BCUT2D eigenvalue weighted by molar-refractivity contribution is 5.96. The summed E-state index contributed by atoms with van der Waals surface area (Å²) >= 11 is 0. The van der Waals surface area contributed by atoms with Crippen molar-refractivity contribution < 1.29 is 22.8 Å². The monoisotopic (exact) mass is 419 g/mol. The van der Waals surface area contributed by atoms with E-state index in [1.165, 1.54) is 23.1 Å². The molecule has 1 fully saturated rings. The van der Waals surface area contributed by atoms with Crippen molar-refractivity contribution in [2.75, 3.05) is 45.2 Å². The van der Waals surface area contributed by atoms with Gasteiger partial charge >= 0.3 is 6.18 Å². The summed E-state index contributed by atoms with van der Waals surface area (Å²) < 4.78 is 39.8. The number of hydrogen-bond acceptors (Lipinski definition) is 3. The van der Waals surface area contributed by atoms with Crippen molar-refractivity contribution in [1.29, 1.82) is 0 Å². The molecule has 5 nitrogen and oxygen atoms in total. The van der Waals surface area contributed by atoms with Crippen LogP contribution in [0.15, 0.2) is 48.5 Å². The minimum absolute atomic E-state index is 0.148. The average Bonchev–Trinajstić information content (AvgIpc) is 2.98. The third-order valence-corrected chi connectivity index (χ3v) is 5.16. The van der Waals surface area contributed by atoms with Crippen LogP contribution in [0.1, 0.15) is 32.7 Å². The summed E-state index contributed by atoms with van der Waals surface area (Å²) in [6.07, 6.45) is -4.10. The minimum Gasteiger partial charge on any atom is -0.378 e. The summed E-state index contributed by atoms with van der Waals surface area (Å²) in [7, 11) is 3.82. The fraction of sp³-hybridized carbons (Fsp3) is 0.364. The zero-order valence-corrected chi connectivity index (χ0v) is 16.9. The van der Waals surface area contributed by atoms with E-state index >= 15 is 0 Å². The Hall–Kier alpha value is -3.03. The first kappa shape index (κ1) is 21.7. The number of amides is 2. The Morgan fingerprint density at radius 1 is 0.833 bits per heavy atom. The molecule has 1 saturated heterocycles. The summed E-state index contributed by atoms with van der Waals surface area (Å²) in [5.41, 5.74) is 0.225. The fourth-order valence-electron chi connectivity index (χ4n) is 3.50. The zero-order valence-electron chi connectivity index (χ0n) is 16.9. The number of alkyl halides is 3. The second-order valence-corrected chi connectivity index (χ2v) is 7.42. The van der Waals surface area contributed by atoms with Crippen molar-refractivity contribution in [2.24, 2.45) is 0 Å². The molecule has 0 aromatic heterocycles. The molecular weight excluding hydrogens is 395 g/mol. The van der Waals surface area contributed by atoms with Crippen molar-refractivity contribution in [3.63, 3.8) is 0 Å². The number of hydrogen-bond donors (Lipinski definition) is 0. The van der Waals surface area contributed by atoms with Gasteiger partial charge in [0, 0.05) is 51.5 Å². The third-order valence-electron chi connectivity index (χ3n) is 5.16.